The third-order valence-corrected chi connectivity index (χ3v) is 5.49. The van der Waals surface area contributed by atoms with Gasteiger partial charge in [-0.25, -0.2) is 9.37 Å². The van der Waals surface area contributed by atoms with Gasteiger partial charge in [-0.3, -0.25) is 9.59 Å². The molecule has 0 aliphatic rings. The maximum atomic E-state index is 14.0. The zero-order valence-electron chi connectivity index (χ0n) is 18.9. The molecule has 0 saturated heterocycles. The van der Waals surface area contributed by atoms with Gasteiger partial charge in [0, 0.05) is 17.5 Å². The maximum Gasteiger partial charge on any atom is 0.263 e. The molecular weight excluding hydrogens is 449 g/mol. The quantitative estimate of drug-likeness (QED) is 0.406. The Hall–Kier alpha value is -4.66. The summed E-state index contributed by atoms with van der Waals surface area (Å²) in [4.78, 5) is 34.9. The van der Waals surface area contributed by atoms with Gasteiger partial charge in [-0.15, -0.1) is 0 Å². The van der Waals surface area contributed by atoms with Crippen molar-refractivity contribution in [2.75, 3.05) is 5.32 Å². The van der Waals surface area contributed by atoms with Crippen molar-refractivity contribution in [3.05, 3.63) is 94.2 Å². The van der Waals surface area contributed by atoms with Crippen LogP contribution in [0, 0.1) is 19.7 Å². The second-order valence-electron chi connectivity index (χ2n) is 8.14. The largest absolute Gasteiger partial charge is 0.333 e. The third kappa shape index (κ3) is 4.43. The molecule has 174 valence electrons. The molecular formula is C26H20FN5O3. The average molecular weight is 469 g/mol. The first-order valence-electron chi connectivity index (χ1n) is 10.9. The molecule has 0 unspecified atom stereocenters. The Labute approximate surface area is 199 Å². The van der Waals surface area contributed by atoms with Gasteiger partial charge in [0.2, 0.25) is 17.2 Å². The summed E-state index contributed by atoms with van der Waals surface area (Å²) in [5.41, 5.74) is 2.67. The molecule has 0 bridgehead atoms. The van der Waals surface area contributed by atoms with Gasteiger partial charge < -0.3 is 14.4 Å². The first kappa shape index (κ1) is 22.1. The molecule has 5 rings (SSSR count). The molecule has 35 heavy (non-hydrogen) atoms. The molecule has 0 aliphatic carbocycles. The number of hydrogen-bond donors (Lipinski definition) is 1. The second kappa shape index (κ2) is 8.94. The lowest BCUT2D eigenvalue weighted by molar-refractivity contribution is -0.116. The van der Waals surface area contributed by atoms with Gasteiger partial charge in [0.15, 0.2) is 0 Å². The summed E-state index contributed by atoms with van der Waals surface area (Å²) in [6.07, 6.45) is 1.46. The topological polar surface area (TPSA) is 103 Å². The van der Waals surface area contributed by atoms with Crippen LogP contribution < -0.4 is 10.7 Å². The summed E-state index contributed by atoms with van der Waals surface area (Å²) >= 11 is 0. The molecule has 0 radical (unpaired) electrons. The minimum Gasteiger partial charge on any atom is -0.333 e. The van der Waals surface area contributed by atoms with Crippen LogP contribution in [0.5, 0.6) is 0 Å². The number of para-hydroxylation sites is 1. The lowest BCUT2D eigenvalue weighted by Gasteiger charge is -2.12. The monoisotopic (exact) mass is 469 g/mol. The van der Waals surface area contributed by atoms with Crippen LogP contribution in [0.15, 0.2) is 76.2 Å². The van der Waals surface area contributed by atoms with Crippen molar-refractivity contribution >= 4 is 22.6 Å². The number of carbonyl (C=O) groups excluding carboxylic acids is 1. The summed E-state index contributed by atoms with van der Waals surface area (Å²) in [5.74, 6) is -0.670. The molecule has 2 aromatic carbocycles. The van der Waals surface area contributed by atoms with E-state index < -0.39 is 11.7 Å². The predicted molar refractivity (Wildman–Crippen MR) is 129 cm³/mol. The van der Waals surface area contributed by atoms with E-state index in [0.29, 0.717) is 22.6 Å². The number of carbonyl (C=O) groups is 1. The van der Waals surface area contributed by atoms with Crippen LogP contribution in [0.1, 0.15) is 11.3 Å². The Balaban J connectivity index is 1.56. The summed E-state index contributed by atoms with van der Waals surface area (Å²) in [6.45, 7) is 3.54. The number of halogens is 1. The molecule has 1 N–H and O–H groups in total. The van der Waals surface area contributed by atoms with Crippen molar-refractivity contribution in [3.8, 4) is 22.8 Å². The fraction of sp³-hybridized carbons (Fsp3) is 0.115. The van der Waals surface area contributed by atoms with Crippen molar-refractivity contribution < 1.29 is 13.7 Å². The SMILES string of the molecule is Cc1ccc(-c2noc(-c3cn(CC(=O)Nc4ccccc4F)c4nc(C)ccc4c3=O)n2)cc1. The molecule has 9 heteroatoms. The minimum atomic E-state index is -0.547. The zero-order valence-corrected chi connectivity index (χ0v) is 18.9. The van der Waals surface area contributed by atoms with E-state index in [-0.39, 0.29) is 29.1 Å². The Bertz CT molecular complexity index is 1620. The van der Waals surface area contributed by atoms with E-state index in [1.807, 2.05) is 31.2 Å². The van der Waals surface area contributed by atoms with E-state index in [4.69, 9.17) is 4.52 Å². The highest BCUT2D eigenvalue weighted by molar-refractivity contribution is 5.92. The van der Waals surface area contributed by atoms with Gasteiger partial charge in [0.25, 0.3) is 5.89 Å². The smallest absolute Gasteiger partial charge is 0.263 e. The number of fused-ring (bicyclic) bond motifs is 1. The summed E-state index contributed by atoms with van der Waals surface area (Å²) in [5, 5.41) is 6.86. The minimum absolute atomic E-state index is 0.0244. The Morgan fingerprint density at radius 3 is 2.57 bits per heavy atom. The normalized spacial score (nSPS) is 11.1. The van der Waals surface area contributed by atoms with E-state index in [1.165, 1.54) is 29.0 Å². The fourth-order valence-corrected chi connectivity index (χ4v) is 3.69. The highest BCUT2D eigenvalue weighted by atomic mass is 19.1. The van der Waals surface area contributed by atoms with Gasteiger partial charge in [-0.2, -0.15) is 4.98 Å². The number of benzene rings is 2. The van der Waals surface area contributed by atoms with Crippen LogP contribution >= 0.6 is 0 Å². The first-order chi connectivity index (χ1) is 16.9. The predicted octanol–water partition coefficient (Wildman–Crippen LogP) is 4.51. The van der Waals surface area contributed by atoms with E-state index in [1.54, 1.807) is 25.1 Å². The van der Waals surface area contributed by atoms with E-state index in [9.17, 15) is 14.0 Å². The van der Waals surface area contributed by atoms with Gasteiger partial charge in [0.05, 0.1) is 11.1 Å². The highest BCUT2D eigenvalue weighted by Gasteiger charge is 2.19. The molecule has 5 aromatic rings. The molecule has 0 atom stereocenters. The Kier molecular flexibility index (Phi) is 5.66. The van der Waals surface area contributed by atoms with Gasteiger partial charge in [0.1, 0.15) is 23.6 Å². The van der Waals surface area contributed by atoms with Crippen LogP contribution in [-0.2, 0) is 11.3 Å². The zero-order chi connectivity index (χ0) is 24.5. The first-order valence-corrected chi connectivity index (χ1v) is 10.9. The number of hydrogen-bond acceptors (Lipinski definition) is 6. The number of nitrogens with one attached hydrogen (secondary N) is 1. The molecule has 0 fully saturated rings. The maximum absolute atomic E-state index is 14.0. The van der Waals surface area contributed by atoms with Crippen LogP contribution in [0.2, 0.25) is 0 Å². The molecule has 8 nitrogen and oxygen atoms in total. The van der Waals surface area contributed by atoms with Gasteiger partial charge >= 0.3 is 0 Å². The molecule has 0 spiro atoms. The van der Waals surface area contributed by atoms with Crippen LogP contribution in [0.3, 0.4) is 0 Å². The van der Waals surface area contributed by atoms with Crippen molar-refractivity contribution in [2.45, 2.75) is 20.4 Å². The van der Waals surface area contributed by atoms with Crippen molar-refractivity contribution in [1.29, 1.82) is 0 Å². The average Bonchev–Trinajstić information content (AvgIpc) is 3.33. The molecule has 3 aromatic heterocycles. The van der Waals surface area contributed by atoms with Crippen LogP contribution in [-0.4, -0.2) is 25.6 Å². The highest BCUT2D eigenvalue weighted by Crippen LogP contribution is 2.23. The van der Waals surface area contributed by atoms with Crippen LogP contribution in [0.4, 0.5) is 10.1 Å². The lowest BCUT2D eigenvalue weighted by Crippen LogP contribution is -2.22. The Morgan fingerprint density at radius 1 is 1.03 bits per heavy atom. The van der Waals surface area contributed by atoms with Gasteiger partial charge in [-0.1, -0.05) is 47.1 Å². The second-order valence-corrected chi connectivity index (χ2v) is 8.14. The summed E-state index contributed by atoms with van der Waals surface area (Å²) in [6, 6.07) is 16.8. The molecule has 0 aliphatic heterocycles. The van der Waals surface area contributed by atoms with Crippen molar-refractivity contribution in [3.63, 3.8) is 0 Å². The van der Waals surface area contributed by atoms with Crippen molar-refractivity contribution in [1.82, 2.24) is 19.7 Å². The number of amides is 1. The summed E-state index contributed by atoms with van der Waals surface area (Å²) < 4.78 is 20.9. The number of pyridine rings is 2. The number of aryl methyl sites for hydroxylation is 2. The Morgan fingerprint density at radius 2 is 1.80 bits per heavy atom. The standard InChI is InChI=1S/C26H20FN5O3/c1-15-7-10-17(11-8-15)24-30-26(35-31-24)19-13-32(25-18(23(19)34)12-9-16(2)28-25)14-22(33)29-21-6-4-3-5-20(21)27/h3-13H,14H2,1-2H3,(H,29,33). The lowest BCUT2D eigenvalue weighted by atomic mass is 10.1. The molecule has 3 heterocycles. The van der Waals surface area contributed by atoms with E-state index in [2.05, 4.69) is 20.4 Å². The fourth-order valence-electron chi connectivity index (χ4n) is 3.69. The van der Waals surface area contributed by atoms with Crippen molar-refractivity contribution in [2.24, 2.45) is 0 Å². The molecule has 0 saturated carbocycles. The number of rotatable bonds is 5. The van der Waals surface area contributed by atoms with E-state index >= 15 is 0 Å². The van der Waals surface area contributed by atoms with E-state index in [0.717, 1.165) is 11.1 Å². The number of anilines is 1. The third-order valence-electron chi connectivity index (χ3n) is 5.49. The number of nitrogens with zero attached hydrogens (tertiary/aromatic N) is 4. The van der Waals surface area contributed by atoms with Gasteiger partial charge in [-0.05, 0) is 38.1 Å². The van der Waals surface area contributed by atoms with Crippen LogP contribution in [0.25, 0.3) is 33.9 Å². The summed E-state index contributed by atoms with van der Waals surface area (Å²) in [7, 11) is 0. The molecule has 1 amide bonds. The number of aromatic nitrogens is 4.